The second kappa shape index (κ2) is 10.9. The number of para-hydroxylation sites is 2. The minimum absolute atomic E-state index is 0.0166. The Hall–Kier alpha value is -5.48. The summed E-state index contributed by atoms with van der Waals surface area (Å²) in [5.74, 6) is 0. The fourth-order valence-electron chi connectivity index (χ4n) is 10.6. The van der Waals surface area contributed by atoms with Gasteiger partial charge >= 0.3 is 0 Å². The molecule has 2 aromatic heterocycles. The van der Waals surface area contributed by atoms with Crippen molar-refractivity contribution in [3.05, 3.63) is 137 Å². The third-order valence-electron chi connectivity index (χ3n) is 13.6. The van der Waals surface area contributed by atoms with Crippen molar-refractivity contribution in [2.75, 3.05) is 4.90 Å². The average Bonchev–Trinajstić information content (AvgIpc) is 3.79. The highest BCUT2D eigenvalue weighted by Gasteiger charge is 2.47. The van der Waals surface area contributed by atoms with E-state index in [1.54, 1.807) is 0 Å². The lowest BCUT2D eigenvalue weighted by atomic mass is 9.33. The fourth-order valence-corrected chi connectivity index (χ4v) is 10.6. The van der Waals surface area contributed by atoms with E-state index in [9.17, 15) is 0 Å². The van der Waals surface area contributed by atoms with Crippen LogP contribution >= 0.6 is 0 Å². The van der Waals surface area contributed by atoms with E-state index >= 15 is 0 Å². The molecule has 0 radical (unpaired) electrons. The van der Waals surface area contributed by atoms with Gasteiger partial charge in [-0.05, 0) is 90.8 Å². The zero-order valence-electron chi connectivity index (χ0n) is 35.3. The third kappa shape index (κ3) is 4.56. The first kappa shape index (κ1) is 34.7. The van der Waals surface area contributed by atoms with Crippen LogP contribution in [0.25, 0.3) is 49.8 Å². The van der Waals surface area contributed by atoms with Crippen molar-refractivity contribution in [2.24, 2.45) is 0 Å². The van der Waals surface area contributed by atoms with E-state index in [0.717, 1.165) is 27.6 Å². The first-order valence-electron chi connectivity index (χ1n) is 20.8. The number of fused-ring (bicyclic) bond motifs is 12. The van der Waals surface area contributed by atoms with Crippen LogP contribution in [0.15, 0.2) is 114 Å². The van der Waals surface area contributed by atoms with Crippen molar-refractivity contribution >= 4 is 73.0 Å². The number of hydrogen-bond donors (Lipinski definition) is 0. The topological polar surface area (TPSA) is 21.3 Å². The standard InChI is InChI=1S/C53H51BN2O/c1-50(2,3)30-23-25-38-41(26-30)55(40-21-15-17-34-33-24-22-31(51(4,5)6)29-44(33)57-49(34)40)42-27-32(52(7,8)9)28-43-46(42)54(38)39-20-14-18-36-45-48(56(43)47(36)39)35-16-12-13-19-37(35)53(45,10)11/h12-29H,1-11H3. The lowest BCUT2D eigenvalue weighted by Crippen LogP contribution is -2.60. The highest BCUT2D eigenvalue weighted by atomic mass is 16.3. The predicted octanol–water partition coefficient (Wildman–Crippen LogP) is 12.3. The van der Waals surface area contributed by atoms with Crippen molar-refractivity contribution in [1.82, 2.24) is 4.57 Å². The van der Waals surface area contributed by atoms with Gasteiger partial charge in [0.1, 0.15) is 5.58 Å². The Morgan fingerprint density at radius 1 is 0.544 bits per heavy atom. The lowest BCUT2D eigenvalue weighted by molar-refractivity contribution is 0.587. The minimum Gasteiger partial charge on any atom is -0.454 e. The van der Waals surface area contributed by atoms with Crippen molar-refractivity contribution in [3.8, 4) is 16.9 Å². The van der Waals surface area contributed by atoms with Gasteiger partial charge in [-0.1, -0.05) is 155 Å². The molecule has 6 aromatic carbocycles. The summed E-state index contributed by atoms with van der Waals surface area (Å²) < 4.78 is 9.73. The zero-order chi connectivity index (χ0) is 39.7. The summed E-state index contributed by atoms with van der Waals surface area (Å²) in [5.41, 5.74) is 21.4. The molecule has 0 unspecified atom stereocenters. The van der Waals surface area contributed by atoms with Gasteiger partial charge in [-0.25, -0.2) is 0 Å². The molecule has 282 valence electrons. The average molecular weight is 743 g/mol. The molecule has 57 heavy (non-hydrogen) atoms. The molecule has 0 saturated heterocycles. The number of furan rings is 1. The van der Waals surface area contributed by atoms with Crippen LogP contribution in [0.2, 0.25) is 0 Å². The molecule has 2 aliphatic heterocycles. The Kier molecular flexibility index (Phi) is 6.66. The van der Waals surface area contributed by atoms with Gasteiger partial charge in [0.05, 0.1) is 11.4 Å². The van der Waals surface area contributed by atoms with Crippen LogP contribution in [-0.2, 0) is 21.7 Å². The van der Waals surface area contributed by atoms with Crippen LogP contribution in [0.5, 0.6) is 0 Å². The van der Waals surface area contributed by atoms with Gasteiger partial charge in [0, 0.05) is 49.7 Å². The lowest BCUT2D eigenvalue weighted by Gasteiger charge is -2.42. The van der Waals surface area contributed by atoms with Gasteiger partial charge in [0.2, 0.25) is 0 Å². The van der Waals surface area contributed by atoms with Crippen LogP contribution in [0.1, 0.15) is 104 Å². The molecule has 0 fully saturated rings. The third-order valence-corrected chi connectivity index (χ3v) is 13.6. The normalized spacial score (nSPS) is 15.4. The van der Waals surface area contributed by atoms with Crippen molar-refractivity contribution in [3.63, 3.8) is 0 Å². The van der Waals surface area contributed by atoms with Gasteiger partial charge in [0.25, 0.3) is 6.71 Å². The molecule has 0 N–H and O–H groups in total. The molecule has 0 saturated carbocycles. The number of aromatic nitrogens is 1. The Morgan fingerprint density at radius 2 is 1.19 bits per heavy atom. The molecule has 0 spiro atoms. The summed E-state index contributed by atoms with van der Waals surface area (Å²) in [6.45, 7) is 25.8. The van der Waals surface area contributed by atoms with E-state index < -0.39 is 0 Å². The minimum atomic E-state index is -0.131. The summed E-state index contributed by atoms with van der Waals surface area (Å²) >= 11 is 0. The number of benzene rings is 6. The molecular weight excluding hydrogens is 691 g/mol. The van der Waals surface area contributed by atoms with Gasteiger partial charge in [0.15, 0.2) is 5.58 Å². The van der Waals surface area contributed by atoms with E-state index in [1.807, 2.05) is 0 Å². The van der Waals surface area contributed by atoms with Crippen molar-refractivity contribution < 1.29 is 4.42 Å². The van der Waals surface area contributed by atoms with Crippen molar-refractivity contribution in [1.29, 1.82) is 0 Å². The number of hydrogen-bond acceptors (Lipinski definition) is 2. The second-order valence-corrected chi connectivity index (χ2v) is 20.7. The molecule has 3 aliphatic rings. The predicted molar refractivity (Wildman–Crippen MR) is 244 cm³/mol. The molecule has 0 bridgehead atoms. The second-order valence-electron chi connectivity index (χ2n) is 20.7. The summed E-state index contributed by atoms with van der Waals surface area (Å²) in [5, 5.41) is 3.67. The SMILES string of the molecule is CC(C)(C)c1ccc2c(c1)N(c1cccc3c1oc1cc(C(C)(C)C)ccc13)c1cc(C(C)(C)C)cc3c1B2c1cccc2c4c(n-3c12)-c1ccccc1C4(C)C. The number of rotatable bonds is 1. The van der Waals surface area contributed by atoms with E-state index in [-0.39, 0.29) is 28.4 Å². The van der Waals surface area contributed by atoms with Crippen molar-refractivity contribution in [2.45, 2.75) is 97.8 Å². The van der Waals surface area contributed by atoms with E-state index in [4.69, 9.17) is 4.42 Å². The maximum atomic E-state index is 7.06. The fraction of sp³-hybridized carbons (Fsp3) is 0.283. The van der Waals surface area contributed by atoms with Crippen LogP contribution in [-0.4, -0.2) is 11.3 Å². The highest BCUT2D eigenvalue weighted by molar-refractivity contribution is 7.00. The van der Waals surface area contributed by atoms with Gasteiger partial charge in [-0.15, -0.1) is 0 Å². The molecular formula is C53H51BN2O. The smallest absolute Gasteiger partial charge is 0.252 e. The van der Waals surface area contributed by atoms with E-state index in [2.05, 4.69) is 195 Å². The van der Waals surface area contributed by atoms with Gasteiger partial charge < -0.3 is 13.9 Å². The monoisotopic (exact) mass is 742 g/mol. The van der Waals surface area contributed by atoms with Crippen LogP contribution in [0.4, 0.5) is 17.1 Å². The Bertz CT molecular complexity index is 3060. The molecule has 11 rings (SSSR count). The number of anilines is 3. The Labute approximate surface area is 337 Å². The summed E-state index contributed by atoms with van der Waals surface area (Å²) in [7, 11) is 0. The Balaban J connectivity index is 1.30. The quantitative estimate of drug-likeness (QED) is 0.156. The van der Waals surface area contributed by atoms with Crippen LogP contribution < -0.4 is 21.3 Å². The van der Waals surface area contributed by atoms with Gasteiger partial charge in [-0.2, -0.15) is 0 Å². The summed E-state index contributed by atoms with van der Waals surface area (Å²) in [4.78, 5) is 2.57. The maximum absolute atomic E-state index is 7.06. The first-order valence-corrected chi connectivity index (χ1v) is 20.8. The van der Waals surface area contributed by atoms with E-state index in [1.165, 1.54) is 83.4 Å². The molecule has 3 nitrogen and oxygen atoms in total. The molecule has 4 heterocycles. The maximum Gasteiger partial charge on any atom is 0.252 e. The molecule has 8 aromatic rings. The molecule has 4 heteroatoms. The molecule has 1 aliphatic carbocycles. The summed E-state index contributed by atoms with van der Waals surface area (Å²) in [6, 6.07) is 42.1. The van der Waals surface area contributed by atoms with Crippen LogP contribution in [0, 0.1) is 0 Å². The van der Waals surface area contributed by atoms with Gasteiger partial charge in [-0.3, -0.25) is 0 Å². The molecule has 0 atom stereocenters. The van der Waals surface area contributed by atoms with E-state index in [0.29, 0.717) is 0 Å². The molecule has 0 amide bonds. The van der Waals surface area contributed by atoms with Crippen LogP contribution in [0.3, 0.4) is 0 Å². The number of nitrogens with zero attached hydrogens (tertiary/aromatic N) is 2. The first-order chi connectivity index (χ1) is 26.9. The Morgan fingerprint density at radius 3 is 1.95 bits per heavy atom. The zero-order valence-corrected chi connectivity index (χ0v) is 35.3. The highest BCUT2D eigenvalue weighted by Crippen LogP contribution is 2.55. The largest absolute Gasteiger partial charge is 0.454 e. The summed E-state index contributed by atoms with van der Waals surface area (Å²) in [6.07, 6.45) is 0.